The molecule has 15 heavy (non-hydrogen) atoms. The standard InChI is InChI=1S/C11H23BrN2O/c1-6-7-14(9-8-13(4)5)10(15)11(2,3)12/h6-9H2,1-5H3. The molecule has 0 heterocycles. The third-order valence-electron chi connectivity index (χ3n) is 2.11. The molecule has 0 aliphatic carbocycles. The maximum atomic E-state index is 12.0. The van der Waals surface area contributed by atoms with Crippen LogP contribution in [0.4, 0.5) is 0 Å². The van der Waals surface area contributed by atoms with Crippen molar-refractivity contribution in [2.45, 2.75) is 31.5 Å². The van der Waals surface area contributed by atoms with Gasteiger partial charge in [-0.15, -0.1) is 0 Å². The lowest BCUT2D eigenvalue weighted by Gasteiger charge is -2.29. The van der Waals surface area contributed by atoms with Crippen molar-refractivity contribution in [3.05, 3.63) is 0 Å². The first-order chi connectivity index (χ1) is 6.79. The third kappa shape index (κ3) is 6.15. The van der Waals surface area contributed by atoms with Gasteiger partial charge < -0.3 is 9.80 Å². The number of likely N-dealkylation sites (N-methyl/N-ethyl adjacent to an activating group) is 1. The van der Waals surface area contributed by atoms with Crippen molar-refractivity contribution in [2.24, 2.45) is 0 Å². The van der Waals surface area contributed by atoms with Crippen molar-refractivity contribution in [1.29, 1.82) is 0 Å². The molecule has 4 heteroatoms. The predicted molar refractivity (Wildman–Crippen MR) is 68.4 cm³/mol. The first kappa shape index (κ1) is 14.9. The zero-order valence-electron chi connectivity index (χ0n) is 10.5. The lowest BCUT2D eigenvalue weighted by molar-refractivity contribution is -0.132. The molecule has 90 valence electrons. The molecule has 0 bridgehead atoms. The van der Waals surface area contributed by atoms with Crippen LogP contribution in [0.15, 0.2) is 0 Å². The smallest absolute Gasteiger partial charge is 0.238 e. The van der Waals surface area contributed by atoms with E-state index in [0.717, 1.165) is 26.1 Å². The first-order valence-corrected chi connectivity index (χ1v) is 6.21. The molecule has 3 nitrogen and oxygen atoms in total. The molecule has 0 saturated heterocycles. The molecule has 0 aromatic rings. The molecule has 0 fully saturated rings. The molecule has 0 rings (SSSR count). The molecule has 0 spiro atoms. The molecule has 0 N–H and O–H groups in total. The Kier molecular flexibility index (Phi) is 6.44. The Labute approximate surface area is 102 Å². The minimum absolute atomic E-state index is 0.172. The number of amides is 1. The van der Waals surface area contributed by atoms with Gasteiger partial charge in [-0.2, -0.15) is 0 Å². The summed E-state index contributed by atoms with van der Waals surface area (Å²) in [6.07, 6.45) is 1.00. The highest BCUT2D eigenvalue weighted by atomic mass is 79.9. The van der Waals surface area contributed by atoms with Gasteiger partial charge in [-0.25, -0.2) is 0 Å². The van der Waals surface area contributed by atoms with E-state index < -0.39 is 4.32 Å². The van der Waals surface area contributed by atoms with E-state index in [9.17, 15) is 4.79 Å². The molecule has 0 aromatic heterocycles. The molecule has 0 saturated carbocycles. The maximum Gasteiger partial charge on any atom is 0.238 e. The number of hydrogen-bond donors (Lipinski definition) is 0. The van der Waals surface area contributed by atoms with Gasteiger partial charge in [0.1, 0.15) is 0 Å². The van der Waals surface area contributed by atoms with Gasteiger partial charge in [0.25, 0.3) is 0 Å². The van der Waals surface area contributed by atoms with Crippen molar-refractivity contribution in [2.75, 3.05) is 33.7 Å². The highest BCUT2D eigenvalue weighted by Crippen LogP contribution is 2.19. The summed E-state index contributed by atoms with van der Waals surface area (Å²) in [6, 6.07) is 0. The Morgan fingerprint density at radius 2 is 1.73 bits per heavy atom. The van der Waals surface area contributed by atoms with Crippen LogP contribution in [0.25, 0.3) is 0 Å². The number of rotatable bonds is 6. The largest absolute Gasteiger partial charge is 0.340 e. The fraction of sp³-hybridized carbons (Fsp3) is 0.909. The van der Waals surface area contributed by atoms with Gasteiger partial charge in [0.2, 0.25) is 5.91 Å². The number of carbonyl (C=O) groups is 1. The molecule has 0 aliphatic heterocycles. The summed E-state index contributed by atoms with van der Waals surface area (Å²) in [4.78, 5) is 16.0. The molecular weight excluding hydrogens is 256 g/mol. The van der Waals surface area contributed by atoms with Crippen LogP contribution < -0.4 is 0 Å². The van der Waals surface area contributed by atoms with E-state index in [2.05, 4.69) is 27.8 Å². The van der Waals surface area contributed by atoms with Crippen LogP contribution in [-0.2, 0) is 4.79 Å². The summed E-state index contributed by atoms with van der Waals surface area (Å²) in [5.41, 5.74) is 0. The van der Waals surface area contributed by atoms with E-state index in [1.807, 2.05) is 32.8 Å². The van der Waals surface area contributed by atoms with E-state index in [1.165, 1.54) is 0 Å². The Morgan fingerprint density at radius 3 is 2.07 bits per heavy atom. The van der Waals surface area contributed by atoms with Crippen molar-refractivity contribution in [3.63, 3.8) is 0 Å². The number of nitrogens with zero attached hydrogens (tertiary/aromatic N) is 2. The second-order valence-electron chi connectivity index (χ2n) is 4.57. The number of alkyl halides is 1. The first-order valence-electron chi connectivity index (χ1n) is 5.42. The highest BCUT2D eigenvalue weighted by molar-refractivity contribution is 9.10. The van der Waals surface area contributed by atoms with Crippen LogP contribution in [0, 0.1) is 0 Å². The fourth-order valence-corrected chi connectivity index (χ4v) is 1.53. The second-order valence-corrected chi connectivity index (χ2v) is 6.55. The van der Waals surface area contributed by atoms with Gasteiger partial charge in [0.05, 0.1) is 4.32 Å². The lowest BCUT2D eigenvalue weighted by Crippen LogP contribution is -2.44. The summed E-state index contributed by atoms with van der Waals surface area (Å²) < 4.78 is -0.450. The molecule has 0 atom stereocenters. The second kappa shape index (κ2) is 6.48. The van der Waals surface area contributed by atoms with E-state index in [1.54, 1.807) is 0 Å². The van der Waals surface area contributed by atoms with Gasteiger partial charge in [0, 0.05) is 19.6 Å². The van der Waals surface area contributed by atoms with Crippen LogP contribution >= 0.6 is 15.9 Å². The molecule has 0 unspecified atom stereocenters. The summed E-state index contributed by atoms with van der Waals surface area (Å²) in [7, 11) is 4.04. The van der Waals surface area contributed by atoms with Crippen LogP contribution in [0.5, 0.6) is 0 Å². The molecule has 0 aromatic carbocycles. The monoisotopic (exact) mass is 278 g/mol. The third-order valence-corrected chi connectivity index (χ3v) is 2.45. The summed E-state index contributed by atoms with van der Waals surface area (Å²) in [5.74, 6) is 0.172. The number of hydrogen-bond acceptors (Lipinski definition) is 2. The van der Waals surface area contributed by atoms with Gasteiger partial charge >= 0.3 is 0 Å². The van der Waals surface area contributed by atoms with E-state index in [0.29, 0.717) is 0 Å². The van der Waals surface area contributed by atoms with Crippen molar-refractivity contribution in [3.8, 4) is 0 Å². The van der Waals surface area contributed by atoms with Crippen molar-refractivity contribution in [1.82, 2.24) is 9.80 Å². The van der Waals surface area contributed by atoms with E-state index in [-0.39, 0.29) is 5.91 Å². The quantitative estimate of drug-likeness (QED) is 0.694. The molecule has 0 aliphatic rings. The van der Waals surface area contributed by atoms with E-state index >= 15 is 0 Å². The Morgan fingerprint density at radius 1 is 1.20 bits per heavy atom. The topological polar surface area (TPSA) is 23.6 Å². The Hall–Kier alpha value is -0.0900. The van der Waals surface area contributed by atoms with E-state index in [4.69, 9.17) is 0 Å². The van der Waals surface area contributed by atoms with Crippen molar-refractivity contribution < 1.29 is 4.79 Å². The number of carbonyl (C=O) groups excluding carboxylic acids is 1. The van der Waals surface area contributed by atoms with Crippen LogP contribution in [0.3, 0.4) is 0 Å². The fourth-order valence-electron chi connectivity index (χ4n) is 1.28. The molecular formula is C11H23BrN2O. The number of halogens is 1. The summed E-state index contributed by atoms with van der Waals surface area (Å²) >= 11 is 3.42. The highest BCUT2D eigenvalue weighted by Gasteiger charge is 2.28. The van der Waals surface area contributed by atoms with Crippen molar-refractivity contribution >= 4 is 21.8 Å². The summed E-state index contributed by atoms with van der Waals surface area (Å²) in [6.45, 7) is 8.43. The van der Waals surface area contributed by atoms with Crippen LogP contribution in [0.1, 0.15) is 27.2 Å². The SMILES string of the molecule is CCCN(CCN(C)C)C(=O)C(C)(C)Br. The normalized spacial score (nSPS) is 11.9. The predicted octanol–water partition coefficient (Wildman–Crippen LogP) is 1.96. The Balaban J connectivity index is 4.32. The van der Waals surface area contributed by atoms with Crippen LogP contribution in [-0.4, -0.2) is 53.8 Å². The molecule has 0 radical (unpaired) electrons. The lowest BCUT2D eigenvalue weighted by atomic mass is 10.2. The van der Waals surface area contributed by atoms with Gasteiger partial charge in [-0.05, 0) is 34.4 Å². The van der Waals surface area contributed by atoms with Gasteiger partial charge in [-0.3, -0.25) is 4.79 Å². The maximum absolute atomic E-state index is 12.0. The van der Waals surface area contributed by atoms with Gasteiger partial charge in [-0.1, -0.05) is 22.9 Å². The minimum Gasteiger partial charge on any atom is -0.340 e. The van der Waals surface area contributed by atoms with Gasteiger partial charge in [0.15, 0.2) is 0 Å². The minimum atomic E-state index is -0.450. The van der Waals surface area contributed by atoms with Crippen LogP contribution in [0.2, 0.25) is 0 Å². The average Bonchev–Trinajstić information content (AvgIpc) is 2.09. The summed E-state index contributed by atoms with van der Waals surface area (Å²) in [5, 5.41) is 0. The zero-order chi connectivity index (χ0) is 12.1. The average molecular weight is 279 g/mol. The molecule has 1 amide bonds. The zero-order valence-corrected chi connectivity index (χ0v) is 12.1. The Bertz CT molecular complexity index is 199.